The van der Waals surface area contributed by atoms with Crippen molar-refractivity contribution in [1.82, 2.24) is 24.7 Å². The maximum absolute atomic E-state index is 12.9. The zero-order valence-corrected chi connectivity index (χ0v) is 16.5. The van der Waals surface area contributed by atoms with E-state index in [0.717, 1.165) is 12.8 Å². The van der Waals surface area contributed by atoms with Gasteiger partial charge in [0.15, 0.2) is 5.82 Å². The highest BCUT2D eigenvalue weighted by molar-refractivity contribution is 7.93. The Morgan fingerprint density at radius 1 is 1.31 bits per heavy atom. The molecule has 2 atom stereocenters. The van der Waals surface area contributed by atoms with E-state index in [1.807, 2.05) is 11.5 Å². The Bertz CT molecular complexity index is 895. The molecule has 1 aliphatic rings. The standard InChI is InChI=1S/C15H21ClN6O3S/c1-9(12(25-4)13-17-7-11(16)8-18-13)26(23,24)21-14-20-19-10(2)22(14)15(3)5-6-15/h7-9,12H,5-6H2,1-4H3,(H,20,21)/t9-,12-/m0/s1. The van der Waals surface area contributed by atoms with Gasteiger partial charge >= 0.3 is 0 Å². The summed E-state index contributed by atoms with van der Waals surface area (Å²) in [6, 6.07) is 0. The molecule has 0 bridgehead atoms. The summed E-state index contributed by atoms with van der Waals surface area (Å²) in [6.45, 7) is 5.38. The molecule has 26 heavy (non-hydrogen) atoms. The highest BCUT2D eigenvalue weighted by Crippen LogP contribution is 2.45. The summed E-state index contributed by atoms with van der Waals surface area (Å²) in [7, 11) is -2.43. The lowest BCUT2D eigenvalue weighted by atomic mass is 10.2. The Morgan fingerprint density at radius 2 is 1.92 bits per heavy atom. The number of sulfonamides is 1. The number of nitrogens with zero attached hydrogens (tertiary/aromatic N) is 5. The summed E-state index contributed by atoms with van der Waals surface area (Å²) >= 11 is 5.79. The van der Waals surface area contributed by atoms with Crippen LogP contribution in [0.15, 0.2) is 12.4 Å². The van der Waals surface area contributed by atoms with Crippen LogP contribution in [0.25, 0.3) is 0 Å². The number of halogens is 1. The number of hydrogen-bond donors (Lipinski definition) is 1. The third-order valence-corrected chi connectivity index (χ3v) is 6.52. The first-order chi connectivity index (χ1) is 12.2. The molecule has 9 nitrogen and oxygen atoms in total. The average Bonchev–Trinajstić information content (AvgIpc) is 3.21. The molecule has 0 aliphatic heterocycles. The summed E-state index contributed by atoms with van der Waals surface area (Å²) in [5.74, 6) is 1.11. The number of aryl methyl sites for hydroxylation is 1. The van der Waals surface area contributed by atoms with Crippen LogP contribution in [0.1, 0.15) is 44.4 Å². The Kier molecular flexibility index (Phi) is 4.93. The number of rotatable bonds is 7. The third kappa shape index (κ3) is 3.53. The molecular formula is C15H21ClN6O3S. The molecule has 0 aromatic carbocycles. The van der Waals surface area contributed by atoms with Crippen LogP contribution in [0.4, 0.5) is 5.95 Å². The van der Waals surface area contributed by atoms with Crippen LogP contribution in [0, 0.1) is 6.92 Å². The van der Waals surface area contributed by atoms with Crippen molar-refractivity contribution in [3.8, 4) is 0 Å². The topological polar surface area (TPSA) is 112 Å². The van der Waals surface area contributed by atoms with E-state index in [2.05, 4.69) is 24.9 Å². The van der Waals surface area contributed by atoms with Gasteiger partial charge < -0.3 is 4.74 Å². The minimum absolute atomic E-state index is 0.144. The molecule has 0 saturated heterocycles. The largest absolute Gasteiger partial charge is 0.372 e. The summed E-state index contributed by atoms with van der Waals surface area (Å²) in [6.07, 6.45) is 3.84. The monoisotopic (exact) mass is 400 g/mol. The minimum Gasteiger partial charge on any atom is -0.372 e. The first kappa shape index (κ1) is 19.0. The Balaban J connectivity index is 1.87. The molecule has 0 spiro atoms. The molecule has 1 fully saturated rings. The van der Waals surface area contributed by atoms with Crippen molar-refractivity contribution >= 4 is 27.6 Å². The van der Waals surface area contributed by atoms with E-state index in [1.54, 1.807) is 6.92 Å². The summed E-state index contributed by atoms with van der Waals surface area (Å²) in [4.78, 5) is 8.14. The normalized spacial score (nSPS) is 18.3. The van der Waals surface area contributed by atoms with Gasteiger partial charge in [-0.2, -0.15) is 0 Å². The maximum atomic E-state index is 12.9. The quantitative estimate of drug-likeness (QED) is 0.756. The predicted octanol–water partition coefficient (Wildman–Crippen LogP) is 2.06. The number of methoxy groups -OCH3 is 1. The SMILES string of the molecule is CO[C@H](c1ncc(Cl)cn1)[C@H](C)S(=O)(=O)Nc1nnc(C)n1C1(C)CC1. The fourth-order valence-corrected chi connectivity index (χ4v) is 4.07. The van der Waals surface area contributed by atoms with Crippen molar-refractivity contribution in [2.75, 3.05) is 11.8 Å². The van der Waals surface area contributed by atoms with E-state index in [-0.39, 0.29) is 17.3 Å². The van der Waals surface area contributed by atoms with E-state index in [1.165, 1.54) is 26.4 Å². The van der Waals surface area contributed by atoms with Crippen molar-refractivity contribution in [3.05, 3.63) is 29.1 Å². The van der Waals surface area contributed by atoms with Crippen LogP contribution in [-0.4, -0.2) is 45.5 Å². The lowest BCUT2D eigenvalue weighted by Crippen LogP contribution is -2.34. The van der Waals surface area contributed by atoms with E-state index in [9.17, 15) is 8.42 Å². The predicted molar refractivity (Wildman–Crippen MR) is 96.4 cm³/mol. The van der Waals surface area contributed by atoms with Gasteiger partial charge in [0.25, 0.3) is 0 Å². The molecule has 0 radical (unpaired) electrons. The third-order valence-electron chi connectivity index (χ3n) is 4.64. The van der Waals surface area contributed by atoms with Gasteiger partial charge in [0.05, 0.1) is 5.02 Å². The second-order valence-electron chi connectivity index (χ2n) is 6.67. The molecule has 11 heteroatoms. The molecule has 2 aromatic rings. The minimum atomic E-state index is -3.84. The van der Waals surface area contributed by atoms with Gasteiger partial charge in [-0.3, -0.25) is 9.29 Å². The van der Waals surface area contributed by atoms with E-state index < -0.39 is 21.4 Å². The highest BCUT2D eigenvalue weighted by atomic mass is 35.5. The fraction of sp³-hybridized carbons (Fsp3) is 0.600. The van der Waals surface area contributed by atoms with Crippen molar-refractivity contribution in [2.45, 2.75) is 50.5 Å². The second-order valence-corrected chi connectivity index (χ2v) is 9.15. The van der Waals surface area contributed by atoms with Gasteiger partial charge in [-0.25, -0.2) is 18.4 Å². The van der Waals surface area contributed by atoms with Gasteiger partial charge in [0.2, 0.25) is 16.0 Å². The number of aromatic nitrogens is 5. The van der Waals surface area contributed by atoms with Gasteiger partial charge in [0.1, 0.15) is 17.2 Å². The van der Waals surface area contributed by atoms with Crippen LogP contribution >= 0.6 is 11.6 Å². The molecule has 0 amide bonds. The van der Waals surface area contributed by atoms with E-state index in [0.29, 0.717) is 10.8 Å². The van der Waals surface area contributed by atoms with Crippen molar-refractivity contribution < 1.29 is 13.2 Å². The molecule has 2 heterocycles. The first-order valence-electron chi connectivity index (χ1n) is 8.12. The second kappa shape index (κ2) is 6.75. The van der Waals surface area contributed by atoms with Crippen LogP contribution in [0.2, 0.25) is 5.02 Å². The summed E-state index contributed by atoms with van der Waals surface area (Å²) in [5.41, 5.74) is -0.144. The Hall–Kier alpha value is -1.78. The van der Waals surface area contributed by atoms with Crippen molar-refractivity contribution in [2.24, 2.45) is 0 Å². The summed E-state index contributed by atoms with van der Waals surface area (Å²) in [5, 5.41) is 7.40. The Labute approximate surface area is 157 Å². The van der Waals surface area contributed by atoms with E-state index in [4.69, 9.17) is 16.3 Å². The van der Waals surface area contributed by atoms with Crippen molar-refractivity contribution in [1.29, 1.82) is 0 Å². The van der Waals surface area contributed by atoms with Gasteiger partial charge in [-0.05, 0) is 33.6 Å². The maximum Gasteiger partial charge on any atom is 0.240 e. The zero-order chi connectivity index (χ0) is 19.1. The lowest BCUT2D eigenvalue weighted by molar-refractivity contribution is 0.0950. The zero-order valence-electron chi connectivity index (χ0n) is 15.0. The molecule has 2 aromatic heterocycles. The summed E-state index contributed by atoms with van der Waals surface area (Å²) < 4.78 is 35.5. The molecule has 0 unspecified atom stereocenters. The van der Waals surface area contributed by atoms with Crippen LogP contribution < -0.4 is 4.72 Å². The van der Waals surface area contributed by atoms with Crippen LogP contribution in [0.5, 0.6) is 0 Å². The lowest BCUT2D eigenvalue weighted by Gasteiger charge is -2.23. The number of ether oxygens (including phenoxy) is 1. The van der Waals surface area contributed by atoms with Gasteiger partial charge in [0, 0.05) is 25.0 Å². The molecule has 1 aliphatic carbocycles. The average molecular weight is 401 g/mol. The van der Waals surface area contributed by atoms with Gasteiger partial charge in [-0.15, -0.1) is 10.2 Å². The van der Waals surface area contributed by atoms with Crippen LogP contribution in [0.3, 0.4) is 0 Å². The first-order valence-corrected chi connectivity index (χ1v) is 10.0. The molecule has 1 N–H and O–H groups in total. The Morgan fingerprint density at radius 3 is 2.46 bits per heavy atom. The number of anilines is 1. The highest BCUT2D eigenvalue weighted by Gasteiger charge is 2.43. The smallest absolute Gasteiger partial charge is 0.240 e. The fourth-order valence-electron chi connectivity index (χ4n) is 2.84. The van der Waals surface area contributed by atoms with Crippen molar-refractivity contribution in [3.63, 3.8) is 0 Å². The number of hydrogen-bond acceptors (Lipinski definition) is 7. The van der Waals surface area contributed by atoms with E-state index >= 15 is 0 Å². The number of nitrogens with one attached hydrogen (secondary N) is 1. The molecular weight excluding hydrogens is 380 g/mol. The molecule has 142 valence electrons. The molecule has 3 rings (SSSR count). The van der Waals surface area contributed by atoms with Crippen LogP contribution in [-0.2, 0) is 20.3 Å². The van der Waals surface area contributed by atoms with Gasteiger partial charge in [-0.1, -0.05) is 11.6 Å². The molecule has 1 saturated carbocycles.